The summed E-state index contributed by atoms with van der Waals surface area (Å²) in [7, 11) is 3.41. The van der Waals surface area contributed by atoms with Gasteiger partial charge in [0.05, 0.1) is 19.3 Å². The van der Waals surface area contributed by atoms with E-state index in [1.807, 2.05) is 20.0 Å². The number of hydrogen-bond donors (Lipinski definition) is 1. The summed E-state index contributed by atoms with van der Waals surface area (Å²) in [5.41, 5.74) is 1.05. The van der Waals surface area contributed by atoms with Crippen molar-refractivity contribution in [2.45, 2.75) is 26.8 Å². The van der Waals surface area contributed by atoms with Crippen molar-refractivity contribution in [1.82, 2.24) is 9.97 Å². The summed E-state index contributed by atoms with van der Waals surface area (Å²) in [6, 6.07) is 0.221. The Hall–Kier alpha value is -1.40. The average molecular weight is 282 g/mol. The second-order valence-electron chi connectivity index (χ2n) is 4.72. The molecule has 0 saturated heterocycles. The minimum atomic E-state index is 0.221. The number of ether oxygens (including phenoxy) is 2. The highest BCUT2D eigenvalue weighted by Crippen LogP contribution is 2.20. The molecule has 0 saturated carbocycles. The third-order valence-corrected chi connectivity index (χ3v) is 3.03. The maximum atomic E-state index is 5.26. The summed E-state index contributed by atoms with van der Waals surface area (Å²) < 4.78 is 10.5. The molecule has 1 rings (SSSR count). The third kappa shape index (κ3) is 4.61. The SMILES string of the molecule is CCNc1ncc(C)c(N(CCOC)C(C)COC)n1. The Bertz CT molecular complexity index is 401. The minimum absolute atomic E-state index is 0.221. The number of nitrogens with zero attached hydrogens (tertiary/aromatic N) is 3. The predicted octanol–water partition coefficient (Wildman–Crippen LogP) is 1.70. The summed E-state index contributed by atoms with van der Waals surface area (Å²) in [5, 5.41) is 3.15. The van der Waals surface area contributed by atoms with Crippen LogP contribution in [0.2, 0.25) is 0 Å². The minimum Gasteiger partial charge on any atom is -0.383 e. The van der Waals surface area contributed by atoms with E-state index in [1.54, 1.807) is 14.2 Å². The number of aromatic nitrogens is 2. The summed E-state index contributed by atoms with van der Waals surface area (Å²) in [6.45, 7) is 9.02. The van der Waals surface area contributed by atoms with Crippen LogP contribution in [-0.2, 0) is 9.47 Å². The van der Waals surface area contributed by atoms with Crippen molar-refractivity contribution in [3.8, 4) is 0 Å². The van der Waals surface area contributed by atoms with Crippen molar-refractivity contribution in [2.75, 3.05) is 50.7 Å². The highest BCUT2D eigenvalue weighted by Gasteiger charge is 2.18. The molecule has 114 valence electrons. The zero-order valence-electron chi connectivity index (χ0n) is 13.1. The Labute approximate surface area is 121 Å². The van der Waals surface area contributed by atoms with Gasteiger partial charge in [-0.3, -0.25) is 0 Å². The van der Waals surface area contributed by atoms with E-state index in [2.05, 4.69) is 27.1 Å². The number of anilines is 2. The lowest BCUT2D eigenvalue weighted by Gasteiger charge is -2.31. The van der Waals surface area contributed by atoms with Gasteiger partial charge in [0.25, 0.3) is 0 Å². The molecule has 6 nitrogen and oxygen atoms in total. The molecule has 0 amide bonds. The molecule has 1 unspecified atom stereocenters. The number of methoxy groups -OCH3 is 2. The number of hydrogen-bond acceptors (Lipinski definition) is 6. The first-order chi connectivity index (χ1) is 9.63. The van der Waals surface area contributed by atoms with Crippen LogP contribution in [0.5, 0.6) is 0 Å². The monoisotopic (exact) mass is 282 g/mol. The van der Waals surface area contributed by atoms with Crippen LogP contribution in [0.4, 0.5) is 11.8 Å². The van der Waals surface area contributed by atoms with Gasteiger partial charge in [-0.2, -0.15) is 4.98 Å². The van der Waals surface area contributed by atoms with Crippen molar-refractivity contribution < 1.29 is 9.47 Å². The van der Waals surface area contributed by atoms with Crippen molar-refractivity contribution in [3.05, 3.63) is 11.8 Å². The summed E-state index contributed by atoms with van der Waals surface area (Å²) >= 11 is 0. The van der Waals surface area contributed by atoms with Gasteiger partial charge in [-0.15, -0.1) is 0 Å². The second-order valence-corrected chi connectivity index (χ2v) is 4.72. The van der Waals surface area contributed by atoms with E-state index in [-0.39, 0.29) is 6.04 Å². The Kier molecular flexibility index (Phi) is 7.25. The largest absolute Gasteiger partial charge is 0.383 e. The molecule has 1 atom stereocenters. The maximum Gasteiger partial charge on any atom is 0.224 e. The maximum absolute atomic E-state index is 5.26. The van der Waals surface area contributed by atoms with Gasteiger partial charge >= 0.3 is 0 Å². The molecule has 1 aromatic heterocycles. The first kappa shape index (κ1) is 16.7. The van der Waals surface area contributed by atoms with Gasteiger partial charge in [-0.05, 0) is 20.8 Å². The Morgan fingerprint density at radius 1 is 1.35 bits per heavy atom. The van der Waals surface area contributed by atoms with E-state index in [0.717, 1.165) is 24.5 Å². The lowest BCUT2D eigenvalue weighted by molar-refractivity contribution is 0.170. The van der Waals surface area contributed by atoms with Crippen LogP contribution < -0.4 is 10.2 Å². The van der Waals surface area contributed by atoms with Crippen LogP contribution >= 0.6 is 0 Å². The highest BCUT2D eigenvalue weighted by atomic mass is 16.5. The van der Waals surface area contributed by atoms with E-state index in [4.69, 9.17) is 9.47 Å². The molecule has 0 spiro atoms. The average Bonchev–Trinajstić information content (AvgIpc) is 2.43. The van der Waals surface area contributed by atoms with Crippen molar-refractivity contribution in [2.24, 2.45) is 0 Å². The van der Waals surface area contributed by atoms with Crippen LogP contribution in [0.1, 0.15) is 19.4 Å². The van der Waals surface area contributed by atoms with Crippen molar-refractivity contribution >= 4 is 11.8 Å². The molecule has 0 fully saturated rings. The smallest absolute Gasteiger partial charge is 0.224 e. The summed E-state index contributed by atoms with van der Waals surface area (Å²) in [5.74, 6) is 1.58. The molecule has 0 aliphatic carbocycles. The standard InChI is InChI=1S/C14H26N4O2/c1-6-15-14-16-9-11(2)13(17-14)18(7-8-19-4)12(3)10-20-5/h9,12H,6-8,10H2,1-5H3,(H,15,16,17). The van der Waals surface area contributed by atoms with Crippen LogP contribution in [0.25, 0.3) is 0 Å². The van der Waals surface area contributed by atoms with Gasteiger partial charge in [0.1, 0.15) is 5.82 Å². The van der Waals surface area contributed by atoms with E-state index < -0.39 is 0 Å². The topological polar surface area (TPSA) is 59.5 Å². The van der Waals surface area contributed by atoms with E-state index in [1.165, 1.54) is 0 Å². The normalized spacial score (nSPS) is 12.2. The van der Waals surface area contributed by atoms with E-state index >= 15 is 0 Å². The lowest BCUT2D eigenvalue weighted by atomic mass is 10.2. The first-order valence-corrected chi connectivity index (χ1v) is 6.96. The molecule has 0 aromatic carbocycles. The quantitative estimate of drug-likeness (QED) is 0.744. The fourth-order valence-corrected chi connectivity index (χ4v) is 2.02. The Balaban J connectivity index is 3.00. The van der Waals surface area contributed by atoms with Crippen LogP contribution in [0.15, 0.2) is 6.20 Å². The van der Waals surface area contributed by atoms with Gasteiger partial charge in [0, 0.05) is 39.1 Å². The molecule has 20 heavy (non-hydrogen) atoms. The molecular formula is C14H26N4O2. The summed E-state index contributed by atoms with van der Waals surface area (Å²) in [4.78, 5) is 11.1. The van der Waals surface area contributed by atoms with Crippen LogP contribution in [0.3, 0.4) is 0 Å². The first-order valence-electron chi connectivity index (χ1n) is 6.96. The lowest BCUT2D eigenvalue weighted by Crippen LogP contribution is -2.39. The van der Waals surface area contributed by atoms with E-state index in [0.29, 0.717) is 19.2 Å². The number of nitrogens with one attached hydrogen (secondary N) is 1. The van der Waals surface area contributed by atoms with E-state index in [9.17, 15) is 0 Å². The van der Waals surface area contributed by atoms with Gasteiger partial charge in [-0.25, -0.2) is 4.98 Å². The summed E-state index contributed by atoms with van der Waals surface area (Å²) in [6.07, 6.45) is 1.85. The number of rotatable bonds is 9. The predicted molar refractivity (Wildman–Crippen MR) is 81.5 cm³/mol. The van der Waals surface area contributed by atoms with Gasteiger partial charge < -0.3 is 19.7 Å². The molecule has 1 heterocycles. The molecule has 6 heteroatoms. The fourth-order valence-electron chi connectivity index (χ4n) is 2.02. The third-order valence-electron chi connectivity index (χ3n) is 3.03. The van der Waals surface area contributed by atoms with Crippen LogP contribution in [0, 0.1) is 6.92 Å². The van der Waals surface area contributed by atoms with Gasteiger partial charge in [0.15, 0.2) is 0 Å². The highest BCUT2D eigenvalue weighted by molar-refractivity contribution is 5.49. The number of aryl methyl sites for hydroxylation is 1. The van der Waals surface area contributed by atoms with Gasteiger partial charge in [-0.1, -0.05) is 0 Å². The Morgan fingerprint density at radius 2 is 2.10 bits per heavy atom. The zero-order chi connectivity index (χ0) is 15.0. The molecule has 1 N–H and O–H groups in total. The molecule has 1 aromatic rings. The molecular weight excluding hydrogens is 256 g/mol. The second kappa shape index (κ2) is 8.71. The van der Waals surface area contributed by atoms with Crippen molar-refractivity contribution in [1.29, 1.82) is 0 Å². The Morgan fingerprint density at radius 3 is 2.70 bits per heavy atom. The molecule has 0 aliphatic rings. The molecule has 0 bridgehead atoms. The molecule has 0 radical (unpaired) electrons. The molecule has 0 aliphatic heterocycles. The zero-order valence-corrected chi connectivity index (χ0v) is 13.1. The van der Waals surface area contributed by atoms with Crippen molar-refractivity contribution in [3.63, 3.8) is 0 Å². The van der Waals surface area contributed by atoms with Crippen LogP contribution in [-0.4, -0.2) is 56.5 Å². The van der Waals surface area contributed by atoms with Gasteiger partial charge in [0.2, 0.25) is 5.95 Å². The fraction of sp³-hybridized carbons (Fsp3) is 0.714.